The Morgan fingerprint density at radius 1 is 1.21 bits per heavy atom. The minimum absolute atomic E-state index is 0. The van der Waals surface area contributed by atoms with Crippen LogP contribution >= 0.6 is 35.6 Å². The van der Waals surface area contributed by atoms with Crippen molar-refractivity contribution in [1.82, 2.24) is 15.5 Å². The molecule has 28 heavy (non-hydrogen) atoms. The molecule has 2 rings (SSSR count). The molecule has 0 unspecified atom stereocenters. The summed E-state index contributed by atoms with van der Waals surface area (Å²) < 4.78 is 0. The summed E-state index contributed by atoms with van der Waals surface area (Å²) in [6.45, 7) is 4.71. The zero-order valence-corrected chi connectivity index (χ0v) is 19.7. The predicted molar refractivity (Wildman–Crippen MR) is 128 cm³/mol. The molecule has 8 heteroatoms. The summed E-state index contributed by atoms with van der Waals surface area (Å²) in [6, 6.07) is 7.91. The molecule has 1 aromatic carbocycles. The number of rotatable bonds is 9. The zero-order valence-electron chi connectivity index (χ0n) is 16.6. The van der Waals surface area contributed by atoms with Crippen molar-refractivity contribution < 1.29 is 4.79 Å². The first-order chi connectivity index (χ1) is 13.1. The number of unbranched alkanes of at least 4 members (excludes halogenated alkanes) is 1. The number of guanidine groups is 1. The Kier molecular flexibility index (Phi) is 12.5. The summed E-state index contributed by atoms with van der Waals surface area (Å²) in [5.41, 5.74) is 6.52. The van der Waals surface area contributed by atoms with E-state index in [4.69, 9.17) is 17.3 Å². The van der Waals surface area contributed by atoms with Crippen molar-refractivity contribution in [3.8, 4) is 0 Å². The zero-order chi connectivity index (χ0) is 19.5. The molecular weight excluding hydrogens is 489 g/mol. The number of carbonyl (C=O) groups is 1. The summed E-state index contributed by atoms with van der Waals surface area (Å²) in [5.74, 6) is 0.750. The Morgan fingerprint density at radius 2 is 1.89 bits per heavy atom. The number of primary amides is 1. The molecule has 158 valence electrons. The monoisotopic (exact) mass is 521 g/mol. The van der Waals surface area contributed by atoms with Gasteiger partial charge in [0.25, 0.3) is 0 Å². The second kappa shape index (κ2) is 14.0. The lowest BCUT2D eigenvalue weighted by molar-refractivity contribution is -0.123. The van der Waals surface area contributed by atoms with Gasteiger partial charge in [0.1, 0.15) is 0 Å². The van der Waals surface area contributed by atoms with Crippen molar-refractivity contribution in [3.05, 3.63) is 34.9 Å². The summed E-state index contributed by atoms with van der Waals surface area (Å²) in [6.07, 6.45) is 4.87. The molecule has 0 aromatic heterocycles. The fourth-order valence-corrected chi connectivity index (χ4v) is 3.58. The SMILES string of the molecule is CN=C(NCCCCN1CCC(C(N)=O)CC1)NCCc1ccccc1Cl.I. The van der Waals surface area contributed by atoms with E-state index in [0.29, 0.717) is 0 Å². The lowest BCUT2D eigenvalue weighted by Gasteiger charge is -2.30. The Morgan fingerprint density at radius 3 is 2.54 bits per heavy atom. The largest absolute Gasteiger partial charge is 0.369 e. The van der Waals surface area contributed by atoms with Crippen LogP contribution in [0.1, 0.15) is 31.2 Å². The van der Waals surface area contributed by atoms with Crippen LogP contribution in [0.2, 0.25) is 5.02 Å². The summed E-state index contributed by atoms with van der Waals surface area (Å²) in [7, 11) is 1.79. The second-order valence-corrected chi connectivity index (χ2v) is 7.40. The molecule has 1 amide bonds. The number of amides is 1. The van der Waals surface area contributed by atoms with Crippen molar-refractivity contribution in [3.63, 3.8) is 0 Å². The van der Waals surface area contributed by atoms with Gasteiger partial charge >= 0.3 is 0 Å². The summed E-state index contributed by atoms with van der Waals surface area (Å²) in [5, 5.41) is 7.49. The van der Waals surface area contributed by atoms with Crippen LogP contribution in [0.3, 0.4) is 0 Å². The lowest BCUT2D eigenvalue weighted by Crippen LogP contribution is -2.40. The molecule has 1 heterocycles. The molecule has 1 aliphatic heterocycles. The van der Waals surface area contributed by atoms with Crippen LogP contribution in [0.4, 0.5) is 0 Å². The van der Waals surface area contributed by atoms with Gasteiger partial charge in [0.05, 0.1) is 0 Å². The van der Waals surface area contributed by atoms with Gasteiger partial charge in [0.15, 0.2) is 5.96 Å². The van der Waals surface area contributed by atoms with E-state index in [1.54, 1.807) is 7.05 Å². The fraction of sp³-hybridized carbons (Fsp3) is 0.600. The van der Waals surface area contributed by atoms with Crippen LogP contribution < -0.4 is 16.4 Å². The third kappa shape index (κ3) is 8.96. The maximum absolute atomic E-state index is 11.2. The highest BCUT2D eigenvalue weighted by atomic mass is 127. The number of nitrogens with one attached hydrogen (secondary N) is 2. The van der Waals surface area contributed by atoms with Gasteiger partial charge < -0.3 is 21.3 Å². The molecule has 0 bridgehead atoms. The van der Waals surface area contributed by atoms with Gasteiger partial charge in [-0.25, -0.2) is 0 Å². The first kappa shape index (κ1) is 25.0. The van der Waals surface area contributed by atoms with Gasteiger partial charge in [-0.15, -0.1) is 24.0 Å². The summed E-state index contributed by atoms with van der Waals surface area (Å²) in [4.78, 5) is 17.9. The number of halogens is 2. The molecule has 1 aliphatic rings. The molecule has 0 aliphatic carbocycles. The van der Waals surface area contributed by atoms with Crippen LogP contribution in [-0.4, -0.2) is 56.5 Å². The maximum Gasteiger partial charge on any atom is 0.220 e. The average molecular weight is 522 g/mol. The van der Waals surface area contributed by atoms with E-state index in [0.717, 1.165) is 81.4 Å². The van der Waals surface area contributed by atoms with E-state index in [-0.39, 0.29) is 35.8 Å². The molecule has 1 aromatic rings. The van der Waals surface area contributed by atoms with Gasteiger partial charge in [-0.05, 0) is 63.4 Å². The van der Waals surface area contributed by atoms with Gasteiger partial charge in [-0.1, -0.05) is 29.8 Å². The maximum atomic E-state index is 11.2. The number of hydrogen-bond acceptors (Lipinski definition) is 3. The number of nitrogens with zero attached hydrogens (tertiary/aromatic N) is 2. The van der Waals surface area contributed by atoms with Crippen LogP contribution in [-0.2, 0) is 11.2 Å². The van der Waals surface area contributed by atoms with E-state index >= 15 is 0 Å². The molecule has 1 saturated heterocycles. The molecular formula is C20H33ClIN5O. The van der Waals surface area contributed by atoms with Crippen molar-refractivity contribution >= 4 is 47.4 Å². The molecule has 0 radical (unpaired) electrons. The van der Waals surface area contributed by atoms with Crippen molar-refractivity contribution in [2.45, 2.75) is 32.1 Å². The fourth-order valence-electron chi connectivity index (χ4n) is 3.35. The van der Waals surface area contributed by atoms with Gasteiger partial charge in [0.2, 0.25) is 5.91 Å². The predicted octanol–water partition coefficient (Wildman–Crippen LogP) is 2.64. The smallest absolute Gasteiger partial charge is 0.220 e. The van der Waals surface area contributed by atoms with Gasteiger partial charge in [-0.3, -0.25) is 9.79 Å². The molecule has 0 spiro atoms. The van der Waals surface area contributed by atoms with E-state index < -0.39 is 0 Å². The minimum atomic E-state index is -0.146. The number of likely N-dealkylation sites (tertiary alicyclic amines) is 1. The molecule has 0 saturated carbocycles. The highest BCUT2D eigenvalue weighted by Crippen LogP contribution is 2.17. The number of piperidine rings is 1. The standard InChI is InChI=1S/C20H32ClN5O.HI/c1-23-20(25-12-8-16-6-2-3-7-18(16)21)24-11-4-5-13-26-14-9-17(10-15-26)19(22)27;/h2-3,6-7,17H,4-5,8-15H2,1H3,(H2,22,27)(H2,23,24,25);1H. The number of benzene rings is 1. The Bertz CT molecular complexity index is 620. The minimum Gasteiger partial charge on any atom is -0.369 e. The number of carbonyl (C=O) groups excluding carboxylic acids is 1. The van der Waals surface area contributed by atoms with Crippen LogP contribution in [0.5, 0.6) is 0 Å². The number of nitrogens with two attached hydrogens (primary N) is 1. The Labute approximate surface area is 190 Å². The van der Waals surface area contributed by atoms with Crippen molar-refractivity contribution in [2.24, 2.45) is 16.6 Å². The third-order valence-corrected chi connectivity index (χ3v) is 5.42. The molecule has 1 fully saturated rings. The Hall–Kier alpha value is -1.06. The van der Waals surface area contributed by atoms with Gasteiger partial charge in [-0.2, -0.15) is 0 Å². The van der Waals surface area contributed by atoms with Crippen LogP contribution in [0.25, 0.3) is 0 Å². The third-order valence-electron chi connectivity index (χ3n) is 5.05. The van der Waals surface area contributed by atoms with E-state index in [9.17, 15) is 4.79 Å². The van der Waals surface area contributed by atoms with E-state index in [2.05, 4.69) is 20.5 Å². The first-order valence-corrected chi connectivity index (χ1v) is 10.2. The summed E-state index contributed by atoms with van der Waals surface area (Å²) >= 11 is 6.18. The number of aliphatic imine (C=N–C) groups is 1. The topological polar surface area (TPSA) is 82.8 Å². The molecule has 0 atom stereocenters. The van der Waals surface area contributed by atoms with Crippen LogP contribution in [0, 0.1) is 5.92 Å². The van der Waals surface area contributed by atoms with Crippen LogP contribution in [0.15, 0.2) is 29.3 Å². The molecule has 4 N–H and O–H groups in total. The van der Waals surface area contributed by atoms with Crippen molar-refractivity contribution in [2.75, 3.05) is 39.8 Å². The second-order valence-electron chi connectivity index (χ2n) is 6.99. The Balaban J connectivity index is 0.00000392. The van der Waals surface area contributed by atoms with E-state index in [1.165, 1.54) is 0 Å². The normalized spacial score (nSPS) is 15.7. The van der Waals surface area contributed by atoms with Crippen molar-refractivity contribution in [1.29, 1.82) is 0 Å². The quantitative estimate of drug-likeness (QED) is 0.202. The lowest BCUT2D eigenvalue weighted by atomic mass is 9.96. The van der Waals surface area contributed by atoms with Gasteiger partial charge in [0, 0.05) is 31.1 Å². The first-order valence-electron chi connectivity index (χ1n) is 9.79. The highest BCUT2D eigenvalue weighted by molar-refractivity contribution is 14.0. The van der Waals surface area contributed by atoms with E-state index in [1.807, 2.05) is 24.3 Å². The molecule has 6 nitrogen and oxygen atoms in total. The average Bonchev–Trinajstić information content (AvgIpc) is 2.68. The number of hydrogen-bond donors (Lipinski definition) is 3. The highest BCUT2D eigenvalue weighted by Gasteiger charge is 2.22.